The van der Waals surface area contributed by atoms with Crippen LogP contribution in [0, 0.1) is 6.92 Å². The summed E-state index contributed by atoms with van der Waals surface area (Å²) in [6.45, 7) is 3.76. The van der Waals surface area contributed by atoms with E-state index in [4.69, 9.17) is 4.74 Å². The molecule has 0 atom stereocenters. The van der Waals surface area contributed by atoms with Crippen LogP contribution in [0.15, 0.2) is 36.8 Å². The highest BCUT2D eigenvalue weighted by Crippen LogP contribution is 2.28. The lowest BCUT2D eigenvalue weighted by atomic mass is 9.99. The highest BCUT2D eigenvalue weighted by Gasteiger charge is 2.25. The fraction of sp³-hybridized carbons (Fsp3) is 0.391. The number of ketones is 1. The number of ether oxygens (including phenoxy) is 1. The Morgan fingerprint density at radius 3 is 2.71 bits per heavy atom. The molecular weight excluding hydrogens is 394 g/mol. The van der Waals surface area contributed by atoms with E-state index in [-0.39, 0.29) is 17.7 Å². The van der Waals surface area contributed by atoms with E-state index in [1.807, 2.05) is 36.1 Å². The number of fused-ring (bicyclic) bond motifs is 1. The Kier molecular flexibility index (Phi) is 6.27. The minimum Gasteiger partial charge on any atom is -0.384 e. The van der Waals surface area contributed by atoms with Crippen LogP contribution in [0.25, 0.3) is 11.0 Å². The number of aromatic amines is 1. The van der Waals surface area contributed by atoms with Gasteiger partial charge >= 0.3 is 0 Å². The number of carbonyl (C=O) groups is 2. The summed E-state index contributed by atoms with van der Waals surface area (Å²) in [5.41, 5.74) is 2.78. The van der Waals surface area contributed by atoms with Crippen molar-refractivity contribution in [2.75, 3.05) is 32.1 Å². The number of hydrogen-bond acceptors (Lipinski definition) is 6. The molecule has 8 nitrogen and oxygen atoms in total. The summed E-state index contributed by atoms with van der Waals surface area (Å²) in [4.78, 5) is 39.2. The third-order valence-corrected chi connectivity index (χ3v) is 5.81. The van der Waals surface area contributed by atoms with Crippen LogP contribution < -0.4 is 5.32 Å². The summed E-state index contributed by atoms with van der Waals surface area (Å²) in [5.74, 6) is 0.717. The number of H-pyrrole nitrogens is 1. The zero-order valence-corrected chi connectivity index (χ0v) is 17.9. The first-order chi connectivity index (χ1) is 15.1. The van der Waals surface area contributed by atoms with Crippen molar-refractivity contribution in [3.8, 4) is 0 Å². The van der Waals surface area contributed by atoms with Crippen molar-refractivity contribution >= 4 is 28.5 Å². The maximum atomic E-state index is 13.2. The van der Waals surface area contributed by atoms with Crippen molar-refractivity contribution in [1.29, 1.82) is 0 Å². The van der Waals surface area contributed by atoms with Gasteiger partial charge in [-0.05, 0) is 25.3 Å². The number of carbonyl (C=O) groups excluding carboxylic acids is 2. The van der Waals surface area contributed by atoms with Gasteiger partial charge in [0.1, 0.15) is 17.8 Å². The maximum absolute atomic E-state index is 13.2. The highest BCUT2D eigenvalue weighted by atomic mass is 16.5. The van der Waals surface area contributed by atoms with Crippen molar-refractivity contribution in [2.24, 2.45) is 0 Å². The van der Waals surface area contributed by atoms with Crippen LogP contribution in [0.2, 0.25) is 0 Å². The summed E-state index contributed by atoms with van der Waals surface area (Å²) in [6.07, 6.45) is 5.24. The minimum atomic E-state index is -0.0549. The lowest BCUT2D eigenvalue weighted by molar-refractivity contribution is -0.133. The smallest absolute Gasteiger partial charge is 0.224 e. The summed E-state index contributed by atoms with van der Waals surface area (Å²) >= 11 is 0. The lowest BCUT2D eigenvalue weighted by Crippen LogP contribution is -2.42. The van der Waals surface area contributed by atoms with Gasteiger partial charge < -0.3 is 19.9 Å². The van der Waals surface area contributed by atoms with Gasteiger partial charge in [0.25, 0.3) is 0 Å². The second-order valence-corrected chi connectivity index (χ2v) is 7.83. The van der Waals surface area contributed by atoms with E-state index in [2.05, 4.69) is 20.3 Å². The number of benzene rings is 1. The van der Waals surface area contributed by atoms with Crippen LogP contribution in [0.4, 0.5) is 5.82 Å². The fourth-order valence-corrected chi connectivity index (χ4v) is 4.04. The molecule has 162 valence electrons. The molecule has 1 saturated heterocycles. The average Bonchev–Trinajstić information content (AvgIpc) is 3.23. The zero-order chi connectivity index (χ0) is 21.8. The van der Waals surface area contributed by atoms with E-state index in [1.54, 1.807) is 13.3 Å². The molecule has 4 rings (SSSR count). The average molecular weight is 422 g/mol. The first-order valence-electron chi connectivity index (χ1n) is 10.5. The van der Waals surface area contributed by atoms with E-state index in [1.165, 1.54) is 6.33 Å². The molecule has 1 amide bonds. The number of nitrogens with one attached hydrogen (secondary N) is 2. The van der Waals surface area contributed by atoms with Crippen LogP contribution in [0.3, 0.4) is 0 Å². The second-order valence-electron chi connectivity index (χ2n) is 7.83. The van der Waals surface area contributed by atoms with Gasteiger partial charge in [-0.3, -0.25) is 9.59 Å². The first-order valence-corrected chi connectivity index (χ1v) is 10.5. The largest absolute Gasteiger partial charge is 0.384 e. The van der Waals surface area contributed by atoms with Crippen molar-refractivity contribution in [2.45, 2.75) is 32.2 Å². The molecule has 3 heterocycles. The summed E-state index contributed by atoms with van der Waals surface area (Å²) in [7, 11) is 1.60. The Hall–Kier alpha value is -3.26. The predicted molar refractivity (Wildman–Crippen MR) is 118 cm³/mol. The Morgan fingerprint density at radius 1 is 1.19 bits per heavy atom. The Balaban J connectivity index is 1.52. The molecule has 0 unspecified atom stereocenters. The number of piperidine rings is 1. The SMILES string of the molecule is COCCC(=O)N1CCC(Nc2ncnc3[nH]cc(C(=O)c4ccccc4C)c23)CC1. The molecular formula is C23H27N5O3. The summed E-state index contributed by atoms with van der Waals surface area (Å²) < 4.78 is 5.00. The quantitative estimate of drug-likeness (QED) is 0.569. The number of likely N-dealkylation sites (tertiary alicyclic amines) is 1. The van der Waals surface area contributed by atoms with Crippen molar-refractivity contribution in [3.63, 3.8) is 0 Å². The zero-order valence-electron chi connectivity index (χ0n) is 17.9. The van der Waals surface area contributed by atoms with E-state index < -0.39 is 0 Å². The molecule has 0 spiro atoms. The van der Waals surface area contributed by atoms with Gasteiger partial charge in [-0.2, -0.15) is 0 Å². The summed E-state index contributed by atoms with van der Waals surface area (Å²) in [5, 5.41) is 4.19. The molecule has 2 N–H and O–H groups in total. The van der Waals surface area contributed by atoms with Gasteiger partial charge in [-0.25, -0.2) is 9.97 Å². The van der Waals surface area contributed by atoms with Gasteiger partial charge in [0.05, 0.1) is 24.0 Å². The number of aromatic nitrogens is 3. The molecule has 0 saturated carbocycles. The van der Waals surface area contributed by atoms with Crippen molar-refractivity contribution in [3.05, 3.63) is 53.5 Å². The standard InChI is InChI=1S/C23H27N5O3/c1-15-5-3-4-6-17(15)21(30)18-13-24-22-20(18)23(26-14-25-22)27-16-7-10-28(11-8-16)19(29)9-12-31-2/h3-6,13-14,16H,7-12H2,1-2H3,(H2,24,25,26,27). The monoisotopic (exact) mass is 421 g/mol. The number of anilines is 1. The van der Waals surface area contributed by atoms with E-state index in [9.17, 15) is 9.59 Å². The van der Waals surface area contributed by atoms with Crippen molar-refractivity contribution < 1.29 is 14.3 Å². The van der Waals surface area contributed by atoms with Gasteiger partial charge in [-0.15, -0.1) is 0 Å². The van der Waals surface area contributed by atoms with Gasteiger partial charge in [-0.1, -0.05) is 24.3 Å². The topological polar surface area (TPSA) is 100 Å². The van der Waals surface area contributed by atoms with E-state index in [0.717, 1.165) is 18.4 Å². The predicted octanol–water partition coefficient (Wildman–Crippen LogP) is 2.94. The van der Waals surface area contributed by atoms with E-state index >= 15 is 0 Å². The molecule has 31 heavy (non-hydrogen) atoms. The molecule has 0 bridgehead atoms. The van der Waals surface area contributed by atoms with Crippen LogP contribution in [0.5, 0.6) is 0 Å². The number of amides is 1. The number of hydrogen-bond donors (Lipinski definition) is 2. The number of aryl methyl sites for hydroxylation is 1. The summed E-state index contributed by atoms with van der Waals surface area (Å²) in [6, 6.07) is 7.72. The molecule has 0 radical (unpaired) electrons. The van der Waals surface area contributed by atoms with Crippen LogP contribution in [-0.2, 0) is 9.53 Å². The molecule has 1 aliphatic heterocycles. The number of methoxy groups -OCH3 is 1. The molecule has 8 heteroatoms. The molecule has 1 aromatic carbocycles. The molecule has 3 aromatic rings. The lowest BCUT2D eigenvalue weighted by Gasteiger charge is -2.32. The number of nitrogens with zero attached hydrogens (tertiary/aromatic N) is 3. The minimum absolute atomic E-state index is 0.0549. The first kappa shape index (κ1) is 21.0. The van der Waals surface area contributed by atoms with Crippen molar-refractivity contribution in [1.82, 2.24) is 19.9 Å². The number of rotatable bonds is 7. The Morgan fingerprint density at radius 2 is 1.97 bits per heavy atom. The fourth-order valence-electron chi connectivity index (χ4n) is 4.04. The normalized spacial score (nSPS) is 14.7. The molecule has 1 aliphatic rings. The van der Waals surface area contributed by atoms with Crippen LogP contribution in [0.1, 0.15) is 40.7 Å². The molecule has 2 aromatic heterocycles. The highest BCUT2D eigenvalue weighted by molar-refractivity contribution is 6.18. The van der Waals surface area contributed by atoms with Gasteiger partial charge in [0, 0.05) is 38.0 Å². The third kappa shape index (κ3) is 4.44. The van der Waals surface area contributed by atoms with Gasteiger partial charge in [0.2, 0.25) is 5.91 Å². The van der Waals surface area contributed by atoms with Crippen LogP contribution in [-0.4, -0.2) is 64.4 Å². The molecule has 0 aliphatic carbocycles. The molecule has 1 fully saturated rings. The van der Waals surface area contributed by atoms with Gasteiger partial charge in [0.15, 0.2) is 5.78 Å². The second kappa shape index (κ2) is 9.26. The maximum Gasteiger partial charge on any atom is 0.224 e. The van der Waals surface area contributed by atoms with E-state index in [0.29, 0.717) is 54.1 Å². The Bertz CT molecular complexity index is 1090. The Labute approximate surface area is 181 Å². The third-order valence-electron chi connectivity index (χ3n) is 5.81. The van der Waals surface area contributed by atoms with Crippen LogP contribution >= 0.6 is 0 Å².